The van der Waals surface area contributed by atoms with Crippen molar-refractivity contribution in [1.29, 1.82) is 0 Å². The van der Waals surface area contributed by atoms with Crippen LogP contribution in [0.3, 0.4) is 0 Å². The Kier molecular flexibility index (Phi) is 4.74. The lowest BCUT2D eigenvalue weighted by Crippen LogP contribution is -2.52. The van der Waals surface area contributed by atoms with E-state index in [0.29, 0.717) is 11.6 Å². The van der Waals surface area contributed by atoms with E-state index in [4.69, 9.17) is 17.3 Å². The quantitative estimate of drug-likeness (QED) is 0.924. The Morgan fingerprint density at radius 3 is 2.45 bits per heavy atom. The first-order valence-corrected chi connectivity index (χ1v) is 8.97. The first kappa shape index (κ1) is 15.8. The molecular weight excluding hydrogens is 296 g/mol. The predicted molar refractivity (Wildman–Crippen MR) is 82.7 cm³/mol. The van der Waals surface area contributed by atoms with Crippen LogP contribution in [-0.4, -0.2) is 43.5 Å². The summed E-state index contributed by atoms with van der Waals surface area (Å²) in [7, 11) is -2.92. The van der Waals surface area contributed by atoms with Crippen LogP contribution in [0.4, 0.5) is 0 Å². The summed E-state index contributed by atoms with van der Waals surface area (Å²) in [6.07, 6.45) is 0. The van der Waals surface area contributed by atoms with Gasteiger partial charge in [-0.15, -0.1) is 0 Å². The molecule has 4 nitrogen and oxygen atoms in total. The van der Waals surface area contributed by atoms with Crippen LogP contribution >= 0.6 is 11.6 Å². The van der Waals surface area contributed by atoms with Gasteiger partial charge in [0, 0.05) is 29.7 Å². The second-order valence-electron chi connectivity index (χ2n) is 5.56. The minimum absolute atomic E-state index is 0.0118. The van der Waals surface area contributed by atoms with E-state index >= 15 is 0 Å². The molecule has 0 saturated carbocycles. The highest BCUT2D eigenvalue weighted by molar-refractivity contribution is 7.91. The fourth-order valence-electron chi connectivity index (χ4n) is 2.88. The topological polar surface area (TPSA) is 63.4 Å². The van der Waals surface area contributed by atoms with Crippen molar-refractivity contribution in [2.24, 2.45) is 5.73 Å². The van der Waals surface area contributed by atoms with Gasteiger partial charge in [-0.1, -0.05) is 23.7 Å². The number of hydrogen-bond acceptors (Lipinski definition) is 4. The number of hydrogen-bond donors (Lipinski definition) is 1. The van der Waals surface area contributed by atoms with Crippen molar-refractivity contribution in [3.63, 3.8) is 0 Å². The van der Waals surface area contributed by atoms with Gasteiger partial charge in [-0.2, -0.15) is 0 Å². The summed E-state index contributed by atoms with van der Waals surface area (Å²) in [6.45, 7) is 4.43. The molecule has 1 aliphatic rings. The van der Waals surface area contributed by atoms with E-state index < -0.39 is 9.84 Å². The maximum atomic E-state index is 11.7. The standard InChI is InChI=1S/C14H21ClN2O2S/c1-10-9-20(18,19)8-7-17(10)14(11(2)16)12-3-5-13(15)6-4-12/h3-6,10-11,14H,7-9,16H2,1-2H3. The normalized spacial score (nSPS) is 26.1. The van der Waals surface area contributed by atoms with Gasteiger partial charge in [-0.25, -0.2) is 8.42 Å². The van der Waals surface area contributed by atoms with Gasteiger partial charge in [0.05, 0.1) is 11.5 Å². The highest BCUT2D eigenvalue weighted by atomic mass is 35.5. The first-order chi connectivity index (χ1) is 9.30. The number of rotatable bonds is 3. The lowest BCUT2D eigenvalue weighted by Gasteiger charge is -2.41. The highest BCUT2D eigenvalue weighted by Gasteiger charge is 2.34. The van der Waals surface area contributed by atoms with E-state index in [2.05, 4.69) is 4.90 Å². The summed E-state index contributed by atoms with van der Waals surface area (Å²) in [4.78, 5) is 2.19. The molecule has 3 atom stereocenters. The van der Waals surface area contributed by atoms with Crippen LogP contribution in [0.15, 0.2) is 24.3 Å². The minimum atomic E-state index is -2.92. The second kappa shape index (κ2) is 6.02. The van der Waals surface area contributed by atoms with Crippen molar-refractivity contribution >= 4 is 21.4 Å². The van der Waals surface area contributed by atoms with Crippen molar-refractivity contribution in [3.05, 3.63) is 34.9 Å². The molecule has 112 valence electrons. The van der Waals surface area contributed by atoms with Crippen LogP contribution in [0.25, 0.3) is 0 Å². The average Bonchev–Trinajstić information content (AvgIpc) is 2.33. The zero-order valence-electron chi connectivity index (χ0n) is 11.8. The third-order valence-electron chi connectivity index (χ3n) is 3.79. The van der Waals surface area contributed by atoms with Gasteiger partial charge in [-0.3, -0.25) is 4.90 Å². The molecule has 2 rings (SSSR count). The van der Waals surface area contributed by atoms with E-state index in [1.165, 1.54) is 0 Å². The van der Waals surface area contributed by atoms with E-state index in [9.17, 15) is 8.42 Å². The van der Waals surface area contributed by atoms with Crippen LogP contribution in [-0.2, 0) is 9.84 Å². The van der Waals surface area contributed by atoms with Gasteiger partial charge in [0.25, 0.3) is 0 Å². The number of benzene rings is 1. The van der Waals surface area contributed by atoms with Crippen LogP contribution in [0.1, 0.15) is 25.5 Å². The second-order valence-corrected chi connectivity index (χ2v) is 8.22. The number of halogens is 1. The highest BCUT2D eigenvalue weighted by Crippen LogP contribution is 2.29. The molecule has 0 spiro atoms. The largest absolute Gasteiger partial charge is 0.326 e. The van der Waals surface area contributed by atoms with Gasteiger partial charge in [0.1, 0.15) is 0 Å². The monoisotopic (exact) mass is 316 g/mol. The molecule has 2 N–H and O–H groups in total. The lowest BCUT2D eigenvalue weighted by atomic mass is 9.98. The van der Waals surface area contributed by atoms with Gasteiger partial charge in [0.2, 0.25) is 0 Å². The average molecular weight is 317 g/mol. The summed E-state index contributed by atoms with van der Waals surface area (Å²) < 4.78 is 23.4. The van der Waals surface area contributed by atoms with Crippen molar-refractivity contribution in [1.82, 2.24) is 4.90 Å². The molecule has 1 heterocycles. The molecule has 1 aliphatic heterocycles. The predicted octanol–water partition coefficient (Wildman–Crippen LogP) is 1.85. The molecule has 1 aromatic rings. The third kappa shape index (κ3) is 3.52. The van der Waals surface area contributed by atoms with E-state index in [0.717, 1.165) is 5.56 Å². The first-order valence-electron chi connectivity index (χ1n) is 6.77. The van der Waals surface area contributed by atoms with Crippen LogP contribution < -0.4 is 5.73 Å². The molecule has 1 saturated heterocycles. The molecule has 0 radical (unpaired) electrons. The Morgan fingerprint density at radius 1 is 1.35 bits per heavy atom. The summed E-state index contributed by atoms with van der Waals surface area (Å²) in [5.74, 6) is 0.401. The number of sulfone groups is 1. The summed E-state index contributed by atoms with van der Waals surface area (Å²) in [6, 6.07) is 7.52. The molecule has 0 aromatic heterocycles. The van der Waals surface area contributed by atoms with E-state index in [-0.39, 0.29) is 29.6 Å². The molecular formula is C14H21ClN2O2S. The van der Waals surface area contributed by atoms with Gasteiger partial charge < -0.3 is 5.73 Å². The smallest absolute Gasteiger partial charge is 0.153 e. The molecule has 0 aliphatic carbocycles. The Bertz CT molecular complexity index is 557. The van der Waals surface area contributed by atoms with Gasteiger partial charge in [0.15, 0.2) is 9.84 Å². The molecule has 3 unspecified atom stereocenters. The van der Waals surface area contributed by atoms with E-state index in [1.807, 2.05) is 38.1 Å². The van der Waals surface area contributed by atoms with Gasteiger partial charge >= 0.3 is 0 Å². The van der Waals surface area contributed by atoms with Crippen molar-refractivity contribution in [2.45, 2.75) is 32.0 Å². The number of nitrogens with zero attached hydrogens (tertiary/aromatic N) is 1. The fraction of sp³-hybridized carbons (Fsp3) is 0.571. The number of nitrogens with two attached hydrogens (primary N) is 1. The Morgan fingerprint density at radius 2 is 1.95 bits per heavy atom. The van der Waals surface area contributed by atoms with Crippen molar-refractivity contribution < 1.29 is 8.42 Å². The van der Waals surface area contributed by atoms with Crippen LogP contribution in [0.2, 0.25) is 5.02 Å². The van der Waals surface area contributed by atoms with Crippen molar-refractivity contribution in [2.75, 3.05) is 18.1 Å². The van der Waals surface area contributed by atoms with Gasteiger partial charge in [-0.05, 0) is 31.5 Å². The van der Waals surface area contributed by atoms with Crippen LogP contribution in [0, 0.1) is 0 Å². The molecule has 1 fully saturated rings. The maximum Gasteiger partial charge on any atom is 0.153 e. The molecule has 20 heavy (non-hydrogen) atoms. The Labute approximate surface area is 125 Å². The summed E-state index contributed by atoms with van der Waals surface area (Å²) in [5, 5.41) is 0.687. The lowest BCUT2D eigenvalue weighted by molar-refractivity contribution is 0.140. The van der Waals surface area contributed by atoms with E-state index in [1.54, 1.807) is 0 Å². The summed E-state index contributed by atoms with van der Waals surface area (Å²) in [5.41, 5.74) is 7.22. The fourth-order valence-corrected chi connectivity index (χ4v) is 4.59. The third-order valence-corrected chi connectivity index (χ3v) is 5.84. The Balaban J connectivity index is 2.28. The summed E-state index contributed by atoms with van der Waals surface area (Å²) >= 11 is 5.92. The molecule has 0 amide bonds. The Hall–Kier alpha value is -0.620. The zero-order valence-corrected chi connectivity index (χ0v) is 13.4. The van der Waals surface area contributed by atoms with Crippen LogP contribution in [0.5, 0.6) is 0 Å². The molecule has 6 heteroatoms. The molecule has 0 bridgehead atoms. The molecule has 1 aromatic carbocycles. The minimum Gasteiger partial charge on any atom is -0.326 e. The zero-order chi connectivity index (χ0) is 14.9. The maximum absolute atomic E-state index is 11.7. The SMILES string of the molecule is CC(N)C(c1ccc(Cl)cc1)N1CCS(=O)(=O)CC1C. The van der Waals surface area contributed by atoms with Crippen molar-refractivity contribution in [3.8, 4) is 0 Å².